The van der Waals surface area contributed by atoms with Crippen LogP contribution in [-0.4, -0.2) is 85.3 Å². The number of alkyl halides is 4. The molecule has 36 heavy (non-hydrogen) atoms. The summed E-state index contributed by atoms with van der Waals surface area (Å²) < 4.78 is 60.6. The third kappa shape index (κ3) is 5.55. The summed E-state index contributed by atoms with van der Waals surface area (Å²) in [5.74, 6) is -0.420. The van der Waals surface area contributed by atoms with Crippen LogP contribution in [0.4, 0.5) is 22.4 Å². The van der Waals surface area contributed by atoms with Crippen LogP contribution in [0.15, 0.2) is 10.3 Å². The molecular weight excluding hydrogens is 486 g/mol. The van der Waals surface area contributed by atoms with Gasteiger partial charge in [0.2, 0.25) is 5.91 Å². The summed E-state index contributed by atoms with van der Waals surface area (Å²) in [6, 6.07) is 0.350. The summed E-state index contributed by atoms with van der Waals surface area (Å²) in [4.78, 5) is 29.0. The lowest BCUT2D eigenvalue weighted by Gasteiger charge is -2.54. The van der Waals surface area contributed by atoms with Gasteiger partial charge in [0, 0.05) is 49.9 Å². The SMILES string of the molecule is O=C(OCC1CCC(OC(F)(F)F)CC1F)N1CCC2(CC1)CN(C(=O)C1CCC3N=NNC3C1)C2. The number of hydrogen-bond donors (Lipinski definition) is 1. The maximum Gasteiger partial charge on any atom is 0.522 e. The van der Waals surface area contributed by atoms with Gasteiger partial charge in [0.1, 0.15) is 6.17 Å². The summed E-state index contributed by atoms with van der Waals surface area (Å²) >= 11 is 0. The molecule has 0 bridgehead atoms. The molecule has 1 N–H and O–H groups in total. The van der Waals surface area contributed by atoms with Crippen LogP contribution < -0.4 is 5.43 Å². The zero-order valence-electron chi connectivity index (χ0n) is 20.1. The van der Waals surface area contributed by atoms with Crippen LogP contribution in [0.25, 0.3) is 0 Å². The number of nitrogens with zero attached hydrogens (tertiary/aromatic N) is 4. The van der Waals surface area contributed by atoms with E-state index in [0.29, 0.717) is 26.2 Å². The van der Waals surface area contributed by atoms with E-state index in [0.717, 1.165) is 32.1 Å². The monoisotopic (exact) mass is 519 g/mol. The summed E-state index contributed by atoms with van der Waals surface area (Å²) in [7, 11) is 0. The molecule has 0 radical (unpaired) electrons. The van der Waals surface area contributed by atoms with Crippen molar-refractivity contribution in [1.82, 2.24) is 15.2 Å². The second-order valence-corrected chi connectivity index (χ2v) is 11.1. The predicted molar refractivity (Wildman–Crippen MR) is 117 cm³/mol. The smallest absolute Gasteiger partial charge is 0.449 e. The highest BCUT2D eigenvalue weighted by molar-refractivity contribution is 5.80. The number of carbonyl (C=O) groups is 2. The van der Waals surface area contributed by atoms with Crippen LogP contribution in [0, 0.1) is 17.3 Å². The first kappa shape index (κ1) is 25.5. The van der Waals surface area contributed by atoms with Crippen LogP contribution in [-0.2, 0) is 14.3 Å². The van der Waals surface area contributed by atoms with Crippen molar-refractivity contribution in [2.45, 2.75) is 82.1 Å². The number of amides is 2. The van der Waals surface area contributed by atoms with E-state index < -0.39 is 30.6 Å². The molecule has 2 aliphatic carbocycles. The Morgan fingerprint density at radius 2 is 1.78 bits per heavy atom. The normalized spacial score (nSPS) is 35.7. The molecule has 3 heterocycles. The number of carbonyl (C=O) groups excluding carboxylic acids is 2. The summed E-state index contributed by atoms with van der Waals surface area (Å²) in [5.41, 5.74) is 3.03. The Morgan fingerprint density at radius 1 is 1.03 bits per heavy atom. The van der Waals surface area contributed by atoms with Crippen molar-refractivity contribution >= 4 is 12.0 Å². The zero-order chi connectivity index (χ0) is 25.5. The third-order valence-electron chi connectivity index (χ3n) is 8.62. The fourth-order valence-corrected chi connectivity index (χ4v) is 6.39. The standard InChI is InChI=1S/C23H33F4N5O4/c24-17-10-16(36-23(25,26)27)3-1-15(17)11-35-21(34)31-7-5-22(6-8-31)12-32(13-22)20(33)14-2-4-18-19(9-14)29-30-28-18/h14-19H,1-13H2,(H,28,29). The number of piperidine rings is 1. The third-order valence-corrected chi connectivity index (χ3v) is 8.62. The van der Waals surface area contributed by atoms with Crippen LogP contribution in [0.1, 0.15) is 51.4 Å². The van der Waals surface area contributed by atoms with Crippen molar-refractivity contribution in [3.63, 3.8) is 0 Å². The fraction of sp³-hybridized carbons (Fsp3) is 0.913. The van der Waals surface area contributed by atoms with E-state index in [9.17, 15) is 27.2 Å². The lowest BCUT2D eigenvalue weighted by atomic mass is 9.71. The van der Waals surface area contributed by atoms with Gasteiger partial charge in [-0.2, -0.15) is 5.11 Å². The van der Waals surface area contributed by atoms with Gasteiger partial charge in [0.05, 0.1) is 24.8 Å². The van der Waals surface area contributed by atoms with Gasteiger partial charge in [0.15, 0.2) is 0 Å². The minimum atomic E-state index is -4.78. The first-order valence-corrected chi connectivity index (χ1v) is 12.9. The van der Waals surface area contributed by atoms with Gasteiger partial charge in [-0.3, -0.25) is 15.0 Å². The Hall–Kier alpha value is -2.18. The van der Waals surface area contributed by atoms with Crippen molar-refractivity contribution in [2.24, 2.45) is 27.6 Å². The highest BCUT2D eigenvalue weighted by Gasteiger charge is 2.49. The first-order valence-electron chi connectivity index (χ1n) is 12.9. The molecular formula is C23H33F4N5O4. The molecule has 0 aromatic rings. The molecule has 202 valence electrons. The largest absolute Gasteiger partial charge is 0.522 e. The molecule has 5 rings (SSSR count). The zero-order valence-corrected chi connectivity index (χ0v) is 20.1. The second kappa shape index (κ2) is 9.94. The van der Waals surface area contributed by atoms with Gasteiger partial charge in [0.25, 0.3) is 0 Å². The molecule has 5 aliphatic rings. The number of halogens is 4. The van der Waals surface area contributed by atoms with E-state index in [1.165, 1.54) is 0 Å². The molecule has 6 unspecified atom stereocenters. The molecule has 4 fully saturated rings. The molecule has 9 nitrogen and oxygen atoms in total. The molecule has 2 saturated heterocycles. The summed E-state index contributed by atoms with van der Waals surface area (Å²) in [5, 5.41) is 8.06. The number of ether oxygens (including phenoxy) is 2. The van der Waals surface area contributed by atoms with E-state index in [1.807, 2.05) is 4.90 Å². The summed E-state index contributed by atoms with van der Waals surface area (Å²) in [6.07, 6.45) is -4.10. The van der Waals surface area contributed by atoms with Gasteiger partial charge in [-0.15, -0.1) is 13.2 Å². The molecule has 6 atom stereocenters. The second-order valence-electron chi connectivity index (χ2n) is 11.1. The Labute approximate surface area is 206 Å². The van der Waals surface area contributed by atoms with Crippen LogP contribution in [0.5, 0.6) is 0 Å². The van der Waals surface area contributed by atoms with Crippen molar-refractivity contribution in [1.29, 1.82) is 0 Å². The molecule has 1 spiro atoms. The molecule has 2 amide bonds. The Kier molecular flexibility index (Phi) is 7.03. The average Bonchev–Trinajstić information content (AvgIpc) is 3.28. The molecule has 2 saturated carbocycles. The number of likely N-dealkylation sites (tertiary alicyclic amines) is 2. The Balaban J connectivity index is 1.00. The van der Waals surface area contributed by atoms with Crippen LogP contribution >= 0.6 is 0 Å². The number of hydrogen-bond acceptors (Lipinski definition) is 7. The van der Waals surface area contributed by atoms with E-state index in [4.69, 9.17) is 4.74 Å². The number of nitrogens with one attached hydrogen (secondary N) is 1. The number of fused-ring (bicyclic) bond motifs is 1. The van der Waals surface area contributed by atoms with E-state index in [-0.39, 0.29) is 55.2 Å². The van der Waals surface area contributed by atoms with E-state index in [1.54, 1.807) is 4.90 Å². The van der Waals surface area contributed by atoms with E-state index in [2.05, 4.69) is 20.5 Å². The Bertz CT molecular complexity index is 858. The highest BCUT2D eigenvalue weighted by Crippen LogP contribution is 2.42. The average molecular weight is 520 g/mol. The predicted octanol–water partition coefficient (Wildman–Crippen LogP) is 3.60. The maximum absolute atomic E-state index is 14.3. The molecule has 0 aromatic heterocycles. The van der Waals surface area contributed by atoms with Crippen LogP contribution in [0.3, 0.4) is 0 Å². The van der Waals surface area contributed by atoms with Crippen molar-refractivity contribution in [3.05, 3.63) is 0 Å². The van der Waals surface area contributed by atoms with E-state index >= 15 is 0 Å². The first-order chi connectivity index (χ1) is 17.1. The number of rotatable bonds is 4. The van der Waals surface area contributed by atoms with Gasteiger partial charge < -0.3 is 14.5 Å². The minimum absolute atomic E-state index is 0.00379. The van der Waals surface area contributed by atoms with Crippen molar-refractivity contribution < 1.29 is 36.6 Å². The lowest BCUT2D eigenvalue weighted by molar-refractivity contribution is -0.347. The van der Waals surface area contributed by atoms with Gasteiger partial charge >= 0.3 is 12.5 Å². The van der Waals surface area contributed by atoms with Gasteiger partial charge in [-0.25, -0.2) is 9.18 Å². The minimum Gasteiger partial charge on any atom is -0.449 e. The lowest BCUT2D eigenvalue weighted by Crippen LogP contribution is -2.63. The molecule has 3 aliphatic heterocycles. The summed E-state index contributed by atoms with van der Waals surface area (Å²) in [6.45, 7) is 2.27. The van der Waals surface area contributed by atoms with Gasteiger partial charge in [-0.1, -0.05) is 5.22 Å². The van der Waals surface area contributed by atoms with Crippen molar-refractivity contribution in [3.8, 4) is 0 Å². The highest BCUT2D eigenvalue weighted by atomic mass is 19.4. The Morgan fingerprint density at radius 3 is 2.47 bits per heavy atom. The molecule has 13 heteroatoms. The fourth-order valence-electron chi connectivity index (χ4n) is 6.39. The maximum atomic E-state index is 14.3. The quantitative estimate of drug-likeness (QED) is 0.573. The molecule has 0 aromatic carbocycles. The topological polar surface area (TPSA) is 95.8 Å². The van der Waals surface area contributed by atoms with Gasteiger partial charge in [-0.05, 0) is 44.9 Å². The van der Waals surface area contributed by atoms with Crippen molar-refractivity contribution in [2.75, 3.05) is 32.8 Å². The van der Waals surface area contributed by atoms with Crippen LogP contribution in [0.2, 0.25) is 0 Å².